The van der Waals surface area contributed by atoms with Gasteiger partial charge in [-0.2, -0.15) is 0 Å². The molecule has 0 aliphatic carbocycles. The summed E-state index contributed by atoms with van der Waals surface area (Å²) in [5.74, 6) is 1.50. The first-order valence-electron chi connectivity index (χ1n) is 9.12. The zero-order valence-corrected chi connectivity index (χ0v) is 15.3. The Labute approximate surface area is 160 Å². The molecule has 3 aromatic rings. The van der Waals surface area contributed by atoms with Crippen molar-refractivity contribution in [3.63, 3.8) is 0 Å². The molecule has 4 nitrogen and oxygen atoms in total. The zero-order chi connectivity index (χ0) is 18.7. The molecule has 0 heterocycles. The van der Waals surface area contributed by atoms with Gasteiger partial charge in [-0.25, -0.2) is 0 Å². The van der Waals surface area contributed by atoms with Crippen molar-refractivity contribution in [1.29, 1.82) is 0 Å². The predicted octanol–water partition coefficient (Wildman–Crippen LogP) is 3.80. The molecule has 0 amide bonds. The Hall–Kier alpha value is -2.82. The molecule has 3 aromatic carbocycles. The number of hydrogen-bond donors (Lipinski definition) is 2. The van der Waals surface area contributed by atoms with Crippen LogP contribution < -0.4 is 14.8 Å². The Morgan fingerprint density at radius 3 is 1.89 bits per heavy atom. The van der Waals surface area contributed by atoms with Gasteiger partial charge in [0.1, 0.15) is 30.8 Å². The third-order valence-corrected chi connectivity index (χ3v) is 4.07. The molecule has 0 saturated carbocycles. The highest BCUT2D eigenvalue weighted by Crippen LogP contribution is 2.18. The first-order chi connectivity index (χ1) is 13.3. The number of rotatable bonds is 10. The summed E-state index contributed by atoms with van der Waals surface area (Å²) in [6.45, 7) is 1.98. The Morgan fingerprint density at radius 1 is 0.704 bits per heavy atom. The standard InChI is InChI=1S/C23H25NO3/c25-21(16-24-15-19-7-3-1-4-8-19)18-27-23-13-11-22(12-14-23)26-17-20-9-5-2-6-10-20/h1-14,21,24-25H,15-18H2/t21-/m0/s1. The molecule has 0 fully saturated rings. The molecule has 3 rings (SSSR count). The number of hydrogen-bond acceptors (Lipinski definition) is 4. The van der Waals surface area contributed by atoms with Gasteiger partial charge in [-0.3, -0.25) is 0 Å². The van der Waals surface area contributed by atoms with Crippen LogP contribution in [0.15, 0.2) is 84.9 Å². The lowest BCUT2D eigenvalue weighted by Crippen LogP contribution is -2.31. The lowest BCUT2D eigenvalue weighted by atomic mass is 10.2. The van der Waals surface area contributed by atoms with Crippen molar-refractivity contribution < 1.29 is 14.6 Å². The lowest BCUT2D eigenvalue weighted by molar-refractivity contribution is 0.106. The fourth-order valence-corrected chi connectivity index (χ4v) is 2.60. The summed E-state index contributed by atoms with van der Waals surface area (Å²) in [6.07, 6.45) is -0.567. The van der Waals surface area contributed by atoms with Crippen molar-refractivity contribution in [2.24, 2.45) is 0 Å². The fraction of sp³-hybridized carbons (Fsp3) is 0.217. The van der Waals surface area contributed by atoms with Gasteiger partial charge in [-0.1, -0.05) is 60.7 Å². The average molecular weight is 363 g/mol. The van der Waals surface area contributed by atoms with Gasteiger partial charge in [-0.05, 0) is 35.4 Å². The van der Waals surface area contributed by atoms with Gasteiger partial charge < -0.3 is 19.9 Å². The number of benzene rings is 3. The van der Waals surface area contributed by atoms with Crippen LogP contribution in [0, 0.1) is 0 Å². The summed E-state index contributed by atoms with van der Waals surface area (Å²) in [4.78, 5) is 0. The molecular weight excluding hydrogens is 338 g/mol. The smallest absolute Gasteiger partial charge is 0.120 e. The van der Waals surface area contributed by atoms with E-state index < -0.39 is 6.10 Å². The third kappa shape index (κ3) is 6.77. The van der Waals surface area contributed by atoms with E-state index in [1.165, 1.54) is 5.56 Å². The maximum atomic E-state index is 10.0. The largest absolute Gasteiger partial charge is 0.491 e. The Balaban J connectivity index is 1.35. The van der Waals surface area contributed by atoms with Gasteiger partial charge in [-0.15, -0.1) is 0 Å². The monoisotopic (exact) mass is 363 g/mol. The van der Waals surface area contributed by atoms with E-state index in [2.05, 4.69) is 17.4 Å². The van der Waals surface area contributed by atoms with E-state index in [1.807, 2.05) is 72.8 Å². The molecule has 0 aliphatic heterocycles. The molecular formula is C23H25NO3. The highest BCUT2D eigenvalue weighted by molar-refractivity contribution is 5.31. The number of ether oxygens (including phenoxy) is 2. The second-order valence-electron chi connectivity index (χ2n) is 6.33. The minimum Gasteiger partial charge on any atom is -0.491 e. The first kappa shape index (κ1) is 19.0. The molecule has 1 atom stereocenters. The topological polar surface area (TPSA) is 50.7 Å². The summed E-state index contributed by atoms with van der Waals surface area (Å²) in [5, 5.41) is 13.3. The molecule has 0 bridgehead atoms. The molecule has 0 aromatic heterocycles. The highest BCUT2D eigenvalue weighted by Gasteiger charge is 2.05. The summed E-state index contributed by atoms with van der Waals surface area (Å²) < 4.78 is 11.4. The normalized spacial score (nSPS) is 11.7. The van der Waals surface area contributed by atoms with E-state index >= 15 is 0 Å². The Bertz CT molecular complexity index is 776. The van der Waals surface area contributed by atoms with Crippen molar-refractivity contribution in [3.05, 3.63) is 96.1 Å². The van der Waals surface area contributed by atoms with Crippen LogP contribution in [0.3, 0.4) is 0 Å². The molecule has 0 radical (unpaired) electrons. The molecule has 4 heteroatoms. The minimum absolute atomic E-state index is 0.242. The molecule has 0 saturated heterocycles. The van der Waals surface area contributed by atoms with Crippen LogP contribution in [-0.2, 0) is 13.2 Å². The Kier molecular flexibility index (Phi) is 7.27. The Morgan fingerprint density at radius 2 is 1.26 bits per heavy atom. The predicted molar refractivity (Wildman–Crippen MR) is 107 cm³/mol. The van der Waals surface area contributed by atoms with E-state index in [4.69, 9.17) is 9.47 Å². The summed E-state index contributed by atoms with van der Waals surface area (Å²) in [5.41, 5.74) is 2.32. The van der Waals surface area contributed by atoms with Gasteiger partial charge in [0.05, 0.1) is 0 Å². The second-order valence-corrected chi connectivity index (χ2v) is 6.33. The third-order valence-electron chi connectivity index (χ3n) is 4.07. The minimum atomic E-state index is -0.567. The van der Waals surface area contributed by atoms with Crippen LogP contribution in [-0.4, -0.2) is 24.4 Å². The van der Waals surface area contributed by atoms with Gasteiger partial charge >= 0.3 is 0 Å². The summed E-state index contributed by atoms with van der Waals surface area (Å²) in [6, 6.07) is 27.6. The first-order valence-corrected chi connectivity index (χ1v) is 9.12. The van der Waals surface area contributed by atoms with E-state index in [9.17, 15) is 5.11 Å². The van der Waals surface area contributed by atoms with Crippen molar-refractivity contribution in [2.45, 2.75) is 19.3 Å². The molecule has 27 heavy (non-hydrogen) atoms. The highest BCUT2D eigenvalue weighted by atomic mass is 16.5. The molecule has 0 spiro atoms. The SMILES string of the molecule is O[C@@H](CNCc1ccccc1)COc1ccc(OCc2ccccc2)cc1. The summed E-state index contributed by atoms with van der Waals surface area (Å²) >= 11 is 0. The number of aliphatic hydroxyl groups is 1. The van der Waals surface area contributed by atoms with Crippen LogP contribution in [0.2, 0.25) is 0 Å². The molecule has 0 aliphatic rings. The van der Waals surface area contributed by atoms with Crippen molar-refractivity contribution in [3.8, 4) is 11.5 Å². The van der Waals surface area contributed by atoms with Crippen molar-refractivity contribution >= 4 is 0 Å². The van der Waals surface area contributed by atoms with Crippen LogP contribution in [0.5, 0.6) is 11.5 Å². The second kappa shape index (κ2) is 10.4. The quantitative estimate of drug-likeness (QED) is 0.575. The van der Waals surface area contributed by atoms with E-state index in [-0.39, 0.29) is 6.61 Å². The van der Waals surface area contributed by atoms with Crippen LogP contribution in [0.4, 0.5) is 0 Å². The maximum absolute atomic E-state index is 10.0. The van der Waals surface area contributed by atoms with Crippen LogP contribution in [0.25, 0.3) is 0 Å². The van der Waals surface area contributed by atoms with Crippen LogP contribution >= 0.6 is 0 Å². The van der Waals surface area contributed by atoms with Crippen LogP contribution in [0.1, 0.15) is 11.1 Å². The van der Waals surface area contributed by atoms with Gasteiger partial charge in [0.15, 0.2) is 0 Å². The van der Waals surface area contributed by atoms with Crippen molar-refractivity contribution in [2.75, 3.05) is 13.2 Å². The maximum Gasteiger partial charge on any atom is 0.120 e. The summed E-state index contributed by atoms with van der Waals surface area (Å²) in [7, 11) is 0. The lowest BCUT2D eigenvalue weighted by Gasteiger charge is -2.14. The van der Waals surface area contributed by atoms with Gasteiger partial charge in [0, 0.05) is 13.1 Å². The van der Waals surface area contributed by atoms with Crippen molar-refractivity contribution in [1.82, 2.24) is 5.32 Å². The zero-order valence-electron chi connectivity index (χ0n) is 15.3. The van der Waals surface area contributed by atoms with E-state index in [1.54, 1.807) is 0 Å². The number of nitrogens with one attached hydrogen (secondary N) is 1. The molecule has 0 unspecified atom stereocenters. The average Bonchev–Trinajstić information content (AvgIpc) is 2.73. The molecule has 2 N–H and O–H groups in total. The number of aliphatic hydroxyl groups excluding tert-OH is 1. The van der Waals surface area contributed by atoms with E-state index in [0.29, 0.717) is 18.9 Å². The van der Waals surface area contributed by atoms with E-state index in [0.717, 1.165) is 17.9 Å². The fourth-order valence-electron chi connectivity index (χ4n) is 2.60. The molecule has 140 valence electrons. The van der Waals surface area contributed by atoms with Gasteiger partial charge in [0.2, 0.25) is 0 Å². The van der Waals surface area contributed by atoms with Gasteiger partial charge in [0.25, 0.3) is 0 Å².